The second kappa shape index (κ2) is 7.26. The minimum Gasteiger partial charge on any atom is -0.496 e. The number of ether oxygens (including phenoxy) is 2. The Kier molecular flexibility index (Phi) is 4.65. The molecule has 4 rings (SSSR count). The van der Waals surface area contributed by atoms with Crippen molar-refractivity contribution in [3.8, 4) is 5.75 Å². The second-order valence-electron chi connectivity index (χ2n) is 6.14. The monoisotopic (exact) mass is 382 g/mol. The van der Waals surface area contributed by atoms with Crippen LogP contribution in [0.4, 0.5) is 8.78 Å². The Balaban J connectivity index is 1.64. The molecule has 0 aliphatic heterocycles. The maximum atomic E-state index is 13.5. The summed E-state index contributed by atoms with van der Waals surface area (Å²) in [6, 6.07) is 17.4. The van der Waals surface area contributed by atoms with Gasteiger partial charge in [-0.25, -0.2) is 9.78 Å². The number of aromatic nitrogens is 2. The number of rotatable bonds is 5. The fourth-order valence-corrected chi connectivity index (χ4v) is 3.17. The molecule has 0 aliphatic carbocycles. The van der Waals surface area contributed by atoms with Crippen LogP contribution in [0.2, 0.25) is 0 Å². The lowest BCUT2D eigenvalue weighted by molar-refractivity contribution is 0.0385. The number of nitrogens with zero attached hydrogens (tertiary/aromatic N) is 2. The molecule has 0 amide bonds. The quantitative estimate of drug-likeness (QED) is 0.458. The summed E-state index contributed by atoms with van der Waals surface area (Å²) in [6.45, 7) is -3.18. The first-order valence-corrected chi connectivity index (χ1v) is 8.56. The number of imidazole rings is 1. The Bertz CT molecular complexity index is 1170. The molecule has 0 saturated heterocycles. The number of hydrogen-bond donors (Lipinski definition) is 0. The van der Waals surface area contributed by atoms with Gasteiger partial charge in [0.25, 0.3) is 0 Å². The van der Waals surface area contributed by atoms with Crippen LogP contribution in [0, 0.1) is 0 Å². The molecule has 0 atom stereocenters. The minimum absolute atomic E-state index is 0.0238. The summed E-state index contributed by atoms with van der Waals surface area (Å²) in [5.41, 5.74) is 0.921. The van der Waals surface area contributed by atoms with Gasteiger partial charge in [0.1, 0.15) is 17.9 Å². The summed E-state index contributed by atoms with van der Waals surface area (Å²) < 4.78 is 38.3. The fraction of sp³-hybridized carbons (Fsp3) is 0.143. The Morgan fingerprint density at radius 3 is 2.46 bits per heavy atom. The normalized spacial score (nSPS) is 11.3. The van der Waals surface area contributed by atoms with E-state index in [-0.39, 0.29) is 23.5 Å². The van der Waals surface area contributed by atoms with Crippen LogP contribution in [0.5, 0.6) is 5.75 Å². The van der Waals surface area contributed by atoms with Crippen LogP contribution >= 0.6 is 0 Å². The lowest BCUT2D eigenvalue weighted by Crippen LogP contribution is -2.11. The van der Waals surface area contributed by atoms with Crippen molar-refractivity contribution in [2.24, 2.45) is 0 Å². The molecule has 142 valence electrons. The van der Waals surface area contributed by atoms with Crippen molar-refractivity contribution in [3.63, 3.8) is 0 Å². The van der Waals surface area contributed by atoms with E-state index in [4.69, 9.17) is 9.47 Å². The molecule has 1 aromatic heterocycles. The number of carbonyl (C=O) groups excluding carboxylic acids is 1. The number of esters is 1. The van der Waals surface area contributed by atoms with Gasteiger partial charge in [-0.15, -0.1) is 0 Å². The van der Waals surface area contributed by atoms with Gasteiger partial charge in [0.15, 0.2) is 5.82 Å². The Hall–Kier alpha value is -3.48. The zero-order chi connectivity index (χ0) is 19.7. The van der Waals surface area contributed by atoms with Crippen molar-refractivity contribution in [2.45, 2.75) is 13.2 Å². The highest BCUT2D eigenvalue weighted by Gasteiger charge is 2.20. The number of benzene rings is 3. The SMILES string of the molecule is COc1cc2ccccc2cc1C(=O)OCc1nc2ccccc2n1C(F)F. The topological polar surface area (TPSA) is 53.4 Å². The highest BCUT2D eigenvalue weighted by molar-refractivity contribution is 5.98. The van der Waals surface area contributed by atoms with E-state index in [2.05, 4.69) is 4.98 Å². The molecule has 5 nitrogen and oxygen atoms in total. The zero-order valence-electron chi connectivity index (χ0n) is 14.9. The largest absolute Gasteiger partial charge is 0.496 e. The molecule has 0 fully saturated rings. The van der Waals surface area contributed by atoms with E-state index in [0.717, 1.165) is 15.3 Å². The maximum absolute atomic E-state index is 13.5. The Labute approximate surface area is 159 Å². The minimum atomic E-state index is -2.80. The smallest absolute Gasteiger partial charge is 0.342 e. The molecule has 3 aromatic carbocycles. The van der Waals surface area contributed by atoms with E-state index in [1.165, 1.54) is 7.11 Å². The molecule has 4 aromatic rings. The van der Waals surface area contributed by atoms with Gasteiger partial charge >= 0.3 is 12.5 Å². The first-order chi connectivity index (χ1) is 13.6. The third kappa shape index (κ3) is 3.15. The van der Waals surface area contributed by atoms with Gasteiger partial charge in [-0.3, -0.25) is 4.57 Å². The predicted molar refractivity (Wildman–Crippen MR) is 101 cm³/mol. The number of para-hydroxylation sites is 2. The molecule has 0 unspecified atom stereocenters. The van der Waals surface area contributed by atoms with Crippen molar-refractivity contribution in [3.05, 3.63) is 72.1 Å². The number of carbonyl (C=O) groups is 1. The first-order valence-electron chi connectivity index (χ1n) is 8.56. The summed E-state index contributed by atoms with van der Waals surface area (Å²) in [5, 5.41) is 1.76. The molecule has 0 saturated carbocycles. The molecule has 0 aliphatic rings. The molecule has 0 radical (unpaired) electrons. The van der Waals surface area contributed by atoms with Crippen LogP contribution in [-0.2, 0) is 11.3 Å². The van der Waals surface area contributed by atoms with Gasteiger partial charge in [0.05, 0.1) is 18.1 Å². The van der Waals surface area contributed by atoms with Crippen molar-refractivity contribution in [1.82, 2.24) is 9.55 Å². The molecule has 1 heterocycles. The van der Waals surface area contributed by atoms with Crippen molar-refractivity contribution < 1.29 is 23.0 Å². The average molecular weight is 382 g/mol. The van der Waals surface area contributed by atoms with Gasteiger partial charge in [-0.2, -0.15) is 8.78 Å². The molecular weight excluding hydrogens is 366 g/mol. The summed E-state index contributed by atoms with van der Waals surface area (Å²) in [7, 11) is 1.46. The third-order valence-corrected chi connectivity index (χ3v) is 4.48. The van der Waals surface area contributed by atoms with Gasteiger partial charge in [0, 0.05) is 0 Å². The predicted octanol–water partition coefficient (Wildman–Crippen LogP) is 4.95. The van der Waals surface area contributed by atoms with E-state index in [1.54, 1.807) is 36.4 Å². The summed E-state index contributed by atoms with van der Waals surface area (Å²) >= 11 is 0. The Morgan fingerprint density at radius 1 is 1.07 bits per heavy atom. The van der Waals surface area contributed by atoms with Gasteiger partial charge < -0.3 is 9.47 Å². The van der Waals surface area contributed by atoms with E-state index in [1.807, 2.05) is 24.3 Å². The molecular formula is C21H16F2N2O3. The lowest BCUT2D eigenvalue weighted by Gasteiger charge is -2.11. The van der Waals surface area contributed by atoms with Gasteiger partial charge in [0.2, 0.25) is 0 Å². The van der Waals surface area contributed by atoms with Gasteiger partial charge in [-0.1, -0.05) is 36.4 Å². The standard InChI is InChI=1S/C21H16F2N2O3/c1-27-18-11-14-7-3-2-6-13(14)10-15(18)20(26)28-12-19-24-16-8-4-5-9-17(16)25(19)21(22)23/h2-11,21H,12H2,1H3. The van der Waals surface area contributed by atoms with Crippen LogP contribution in [0.25, 0.3) is 21.8 Å². The van der Waals surface area contributed by atoms with Crippen LogP contribution in [0.15, 0.2) is 60.7 Å². The number of alkyl halides is 2. The molecule has 0 bridgehead atoms. The summed E-state index contributed by atoms with van der Waals surface area (Å²) in [5.74, 6) is -0.342. The Morgan fingerprint density at radius 2 is 1.75 bits per heavy atom. The van der Waals surface area contributed by atoms with Crippen molar-refractivity contribution in [1.29, 1.82) is 0 Å². The molecule has 0 N–H and O–H groups in total. The van der Waals surface area contributed by atoms with Crippen molar-refractivity contribution >= 4 is 27.8 Å². The number of methoxy groups -OCH3 is 1. The zero-order valence-corrected chi connectivity index (χ0v) is 14.9. The van der Waals surface area contributed by atoms with E-state index in [9.17, 15) is 13.6 Å². The third-order valence-electron chi connectivity index (χ3n) is 4.48. The summed E-state index contributed by atoms with van der Waals surface area (Å²) in [4.78, 5) is 16.8. The van der Waals surface area contributed by atoms with Crippen LogP contribution in [-0.4, -0.2) is 22.6 Å². The molecule has 28 heavy (non-hydrogen) atoms. The maximum Gasteiger partial charge on any atom is 0.342 e. The second-order valence-corrected chi connectivity index (χ2v) is 6.14. The fourth-order valence-electron chi connectivity index (χ4n) is 3.17. The lowest BCUT2D eigenvalue weighted by atomic mass is 10.1. The van der Waals surface area contributed by atoms with E-state index >= 15 is 0 Å². The van der Waals surface area contributed by atoms with E-state index < -0.39 is 12.5 Å². The van der Waals surface area contributed by atoms with Crippen LogP contribution < -0.4 is 4.74 Å². The number of halogens is 2. The van der Waals surface area contributed by atoms with E-state index in [0.29, 0.717) is 11.3 Å². The average Bonchev–Trinajstić information content (AvgIpc) is 3.09. The molecule has 7 heteroatoms. The highest BCUT2D eigenvalue weighted by atomic mass is 19.3. The van der Waals surface area contributed by atoms with Crippen molar-refractivity contribution in [2.75, 3.05) is 7.11 Å². The van der Waals surface area contributed by atoms with Crippen LogP contribution in [0.1, 0.15) is 22.7 Å². The number of fused-ring (bicyclic) bond motifs is 2. The highest BCUT2D eigenvalue weighted by Crippen LogP contribution is 2.28. The van der Waals surface area contributed by atoms with Crippen LogP contribution in [0.3, 0.4) is 0 Å². The first kappa shape index (κ1) is 17.9. The molecule has 0 spiro atoms. The summed E-state index contributed by atoms with van der Waals surface area (Å²) in [6.07, 6.45) is 0. The van der Waals surface area contributed by atoms with Gasteiger partial charge in [-0.05, 0) is 35.0 Å². The number of hydrogen-bond acceptors (Lipinski definition) is 4.